The quantitative estimate of drug-likeness (QED) is 0.256. The van der Waals surface area contributed by atoms with Crippen molar-refractivity contribution in [2.24, 2.45) is 5.92 Å². The highest BCUT2D eigenvalue weighted by Crippen LogP contribution is 2.25. The van der Waals surface area contributed by atoms with E-state index in [2.05, 4.69) is 27.5 Å². The maximum Gasteiger partial charge on any atom is 0.408 e. The number of alkyl carbamates (subject to hydrolysis) is 1. The predicted molar refractivity (Wildman–Crippen MR) is 147 cm³/mol. The topological polar surface area (TPSA) is 120 Å². The summed E-state index contributed by atoms with van der Waals surface area (Å²) in [4.78, 5) is 46.5. The second kappa shape index (κ2) is 14.2. The minimum absolute atomic E-state index is 0.162. The van der Waals surface area contributed by atoms with Crippen molar-refractivity contribution in [3.8, 4) is 10.7 Å². The molecule has 0 aliphatic carbocycles. The van der Waals surface area contributed by atoms with Gasteiger partial charge in [0.05, 0.1) is 6.54 Å². The zero-order valence-electron chi connectivity index (χ0n) is 22.6. The lowest BCUT2D eigenvalue weighted by Crippen LogP contribution is -2.46. The van der Waals surface area contributed by atoms with Gasteiger partial charge in [-0.2, -0.15) is 0 Å². The molecule has 204 valence electrons. The van der Waals surface area contributed by atoms with Crippen LogP contribution in [-0.4, -0.2) is 45.7 Å². The summed E-state index contributed by atoms with van der Waals surface area (Å²) in [5, 5.41) is 10.2. The van der Waals surface area contributed by atoms with Gasteiger partial charge in [0.25, 0.3) is 5.91 Å². The van der Waals surface area contributed by atoms with Gasteiger partial charge in [-0.1, -0.05) is 40.2 Å². The van der Waals surface area contributed by atoms with Crippen LogP contribution in [-0.2, 0) is 20.8 Å². The number of allylic oxidation sites excluding steroid dienone is 1. The SMILES string of the molecule is CCC/C=C/C(CC)OC(=O)C(NC(=O)c1csc(-c2csc(CNC(=O)OC(C)(C)C)n2)n1)C(C)C. The molecule has 2 N–H and O–H groups in total. The molecule has 0 saturated heterocycles. The van der Waals surface area contributed by atoms with Gasteiger partial charge in [0, 0.05) is 10.8 Å². The number of rotatable bonds is 12. The standard InChI is InChI=1S/C26H38N4O5S2/c1-8-10-11-12-17(9-2)34-24(32)21(16(3)4)30-22(31)18-14-37-23(29-18)19-15-36-20(28-19)13-27-25(33)35-26(5,6)7/h11-12,14-17,21H,8-10,13H2,1-7H3,(H,27,33)(H,30,31)/b12-11+. The summed E-state index contributed by atoms with van der Waals surface area (Å²) in [5.74, 6) is -1.08. The fourth-order valence-electron chi connectivity index (χ4n) is 3.06. The van der Waals surface area contributed by atoms with Crippen LogP contribution in [0.1, 0.15) is 83.2 Å². The van der Waals surface area contributed by atoms with Crippen molar-refractivity contribution >= 4 is 40.6 Å². The number of nitrogens with one attached hydrogen (secondary N) is 2. The van der Waals surface area contributed by atoms with Crippen molar-refractivity contribution in [3.63, 3.8) is 0 Å². The minimum Gasteiger partial charge on any atom is -0.457 e. The average Bonchev–Trinajstić information content (AvgIpc) is 3.49. The number of unbranched alkanes of at least 4 members (excludes halogenated alkanes) is 1. The van der Waals surface area contributed by atoms with E-state index < -0.39 is 29.6 Å². The Hall–Kier alpha value is -2.79. The van der Waals surface area contributed by atoms with Crippen LogP contribution in [0.25, 0.3) is 10.7 Å². The van der Waals surface area contributed by atoms with E-state index >= 15 is 0 Å². The monoisotopic (exact) mass is 550 g/mol. The zero-order valence-corrected chi connectivity index (χ0v) is 24.3. The van der Waals surface area contributed by atoms with Crippen LogP contribution in [0.3, 0.4) is 0 Å². The normalized spacial score (nSPS) is 13.4. The number of hydrogen-bond donors (Lipinski definition) is 2. The third-order valence-corrected chi connectivity index (χ3v) is 6.69. The number of nitrogens with zero attached hydrogens (tertiary/aromatic N) is 2. The van der Waals surface area contributed by atoms with Gasteiger partial charge in [0.1, 0.15) is 39.1 Å². The summed E-state index contributed by atoms with van der Waals surface area (Å²) in [6.45, 7) is 13.4. The fourth-order valence-corrected chi connectivity index (χ4v) is 4.61. The van der Waals surface area contributed by atoms with E-state index in [1.165, 1.54) is 22.7 Å². The van der Waals surface area contributed by atoms with Crippen molar-refractivity contribution in [1.29, 1.82) is 0 Å². The number of carbonyl (C=O) groups is 3. The van der Waals surface area contributed by atoms with Gasteiger partial charge in [-0.3, -0.25) is 4.79 Å². The largest absolute Gasteiger partial charge is 0.457 e. The molecule has 0 bridgehead atoms. The second-order valence-corrected chi connectivity index (χ2v) is 11.6. The van der Waals surface area contributed by atoms with E-state index in [1.807, 2.05) is 38.3 Å². The van der Waals surface area contributed by atoms with E-state index in [0.29, 0.717) is 22.1 Å². The molecule has 0 aromatic carbocycles. The highest BCUT2D eigenvalue weighted by molar-refractivity contribution is 7.14. The highest BCUT2D eigenvalue weighted by Gasteiger charge is 2.28. The van der Waals surface area contributed by atoms with E-state index in [0.717, 1.165) is 12.8 Å². The fraction of sp³-hybridized carbons (Fsp3) is 0.577. The number of hydrogen-bond acceptors (Lipinski definition) is 9. The molecule has 0 aliphatic rings. The van der Waals surface area contributed by atoms with Crippen molar-refractivity contribution in [2.75, 3.05) is 0 Å². The van der Waals surface area contributed by atoms with Gasteiger partial charge >= 0.3 is 12.1 Å². The number of ether oxygens (including phenoxy) is 2. The Morgan fingerprint density at radius 2 is 1.84 bits per heavy atom. The summed E-state index contributed by atoms with van der Waals surface area (Å²) in [6, 6.07) is -0.795. The van der Waals surface area contributed by atoms with Crippen molar-refractivity contribution < 1.29 is 23.9 Å². The summed E-state index contributed by atoms with van der Waals surface area (Å²) >= 11 is 2.65. The molecule has 2 aromatic rings. The molecule has 11 heteroatoms. The smallest absolute Gasteiger partial charge is 0.408 e. The molecular weight excluding hydrogens is 512 g/mol. The Labute approximate surface area is 227 Å². The molecule has 0 spiro atoms. The second-order valence-electron chi connectivity index (χ2n) is 9.82. The lowest BCUT2D eigenvalue weighted by molar-refractivity contribution is -0.150. The molecule has 0 aliphatic heterocycles. The molecule has 2 amide bonds. The molecule has 0 saturated carbocycles. The average molecular weight is 551 g/mol. The maximum absolute atomic E-state index is 12.9. The lowest BCUT2D eigenvalue weighted by atomic mass is 10.0. The summed E-state index contributed by atoms with van der Waals surface area (Å²) in [6.07, 6.45) is 5.67. The Morgan fingerprint density at radius 3 is 2.46 bits per heavy atom. The van der Waals surface area contributed by atoms with E-state index in [4.69, 9.17) is 9.47 Å². The Kier molecular flexibility index (Phi) is 11.7. The van der Waals surface area contributed by atoms with Crippen LogP contribution >= 0.6 is 22.7 Å². The molecule has 0 fully saturated rings. The maximum atomic E-state index is 12.9. The molecule has 2 atom stereocenters. The predicted octanol–water partition coefficient (Wildman–Crippen LogP) is 5.72. The lowest BCUT2D eigenvalue weighted by Gasteiger charge is -2.22. The van der Waals surface area contributed by atoms with Gasteiger partial charge in [-0.15, -0.1) is 22.7 Å². The third kappa shape index (κ3) is 10.2. The number of aromatic nitrogens is 2. The molecule has 2 rings (SSSR count). The summed E-state index contributed by atoms with van der Waals surface area (Å²) in [5.41, 5.74) is 0.235. The van der Waals surface area contributed by atoms with E-state index in [-0.39, 0.29) is 24.3 Å². The van der Waals surface area contributed by atoms with E-state index in [1.54, 1.807) is 26.2 Å². The van der Waals surface area contributed by atoms with Crippen molar-refractivity contribution in [1.82, 2.24) is 20.6 Å². The van der Waals surface area contributed by atoms with Crippen LogP contribution in [0.2, 0.25) is 0 Å². The van der Waals surface area contributed by atoms with Gasteiger partial charge < -0.3 is 20.1 Å². The van der Waals surface area contributed by atoms with Gasteiger partial charge in [0.2, 0.25) is 0 Å². The highest BCUT2D eigenvalue weighted by atomic mass is 32.1. The molecular formula is C26H38N4O5S2. The Morgan fingerprint density at radius 1 is 1.11 bits per heavy atom. The summed E-state index contributed by atoms with van der Waals surface area (Å²) in [7, 11) is 0. The number of thiazole rings is 2. The van der Waals surface area contributed by atoms with Crippen molar-refractivity contribution in [3.05, 3.63) is 33.6 Å². The van der Waals surface area contributed by atoms with Gasteiger partial charge in [-0.05, 0) is 45.6 Å². The van der Waals surface area contributed by atoms with E-state index in [9.17, 15) is 14.4 Å². The van der Waals surface area contributed by atoms with Crippen LogP contribution in [0.5, 0.6) is 0 Å². The molecule has 37 heavy (non-hydrogen) atoms. The zero-order chi connectivity index (χ0) is 27.6. The number of amides is 2. The number of esters is 1. The third-order valence-electron chi connectivity index (χ3n) is 4.97. The first-order chi connectivity index (χ1) is 17.4. The first kappa shape index (κ1) is 30.4. The van der Waals surface area contributed by atoms with Crippen LogP contribution in [0.4, 0.5) is 4.79 Å². The van der Waals surface area contributed by atoms with Gasteiger partial charge in [0.15, 0.2) is 0 Å². The summed E-state index contributed by atoms with van der Waals surface area (Å²) < 4.78 is 10.9. The van der Waals surface area contributed by atoms with Crippen LogP contribution < -0.4 is 10.6 Å². The molecule has 2 aromatic heterocycles. The van der Waals surface area contributed by atoms with Gasteiger partial charge in [-0.25, -0.2) is 19.6 Å². The Balaban J connectivity index is 2.00. The molecule has 9 nitrogen and oxygen atoms in total. The van der Waals surface area contributed by atoms with Crippen LogP contribution in [0, 0.1) is 5.92 Å². The first-order valence-electron chi connectivity index (χ1n) is 12.5. The molecule has 0 radical (unpaired) electrons. The van der Waals surface area contributed by atoms with Crippen molar-refractivity contribution in [2.45, 2.75) is 92.0 Å². The molecule has 2 heterocycles. The molecule has 2 unspecified atom stereocenters. The first-order valence-corrected chi connectivity index (χ1v) is 14.2. The Bertz CT molecular complexity index is 1070. The number of carbonyl (C=O) groups excluding carboxylic acids is 3. The minimum atomic E-state index is -0.795. The van der Waals surface area contributed by atoms with Crippen LogP contribution in [0.15, 0.2) is 22.9 Å².